The highest BCUT2D eigenvalue weighted by molar-refractivity contribution is 6.30. The standard InChI is InChI=1S/C12H12ClFN4O/c1-19-12-11(16-5-6-17-12)10(18-15)7-3-2-4-8(13)9(7)14/h2-6,10,18H,15H2,1H3. The van der Waals surface area contributed by atoms with Crippen LogP contribution >= 0.6 is 11.6 Å². The molecule has 0 fully saturated rings. The van der Waals surface area contributed by atoms with Crippen molar-refractivity contribution in [3.8, 4) is 5.88 Å². The normalized spacial score (nSPS) is 12.2. The third kappa shape index (κ3) is 2.65. The lowest BCUT2D eigenvalue weighted by Gasteiger charge is -2.18. The van der Waals surface area contributed by atoms with E-state index in [0.29, 0.717) is 5.69 Å². The van der Waals surface area contributed by atoms with E-state index in [1.165, 1.54) is 25.6 Å². The number of rotatable bonds is 4. The molecule has 1 aromatic carbocycles. The molecule has 0 saturated heterocycles. The summed E-state index contributed by atoms with van der Waals surface area (Å²) in [6.07, 6.45) is 2.95. The Labute approximate surface area is 114 Å². The number of ether oxygens (including phenoxy) is 1. The number of hydrogen-bond donors (Lipinski definition) is 2. The van der Waals surface area contributed by atoms with Gasteiger partial charge in [-0.15, -0.1) is 0 Å². The molecule has 19 heavy (non-hydrogen) atoms. The first kappa shape index (κ1) is 13.7. The number of benzene rings is 1. The first-order valence-electron chi connectivity index (χ1n) is 5.44. The van der Waals surface area contributed by atoms with Crippen molar-refractivity contribution < 1.29 is 9.13 Å². The summed E-state index contributed by atoms with van der Waals surface area (Å²) in [7, 11) is 1.45. The van der Waals surface area contributed by atoms with Crippen LogP contribution in [-0.4, -0.2) is 17.1 Å². The summed E-state index contributed by atoms with van der Waals surface area (Å²) in [5.41, 5.74) is 3.15. The Balaban J connectivity index is 2.53. The minimum Gasteiger partial charge on any atom is -0.480 e. The number of nitrogens with two attached hydrogens (primary N) is 1. The molecule has 0 bridgehead atoms. The molecule has 0 saturated carbocycles. The van der Waals surface area contributed by atoms with E-state index < -0.39 is 11.9 Å². The van der Waals surface area contributed by atoms with Crippen LogP contribution < -0.4 is 16.0 Å². The number of halogens is 2. The molecule has 0 aliphatic carbocycles. The number of nitrogens with one attached hydrogen (secondary N) is 1. The topological polar surface area (TPSA) is 73.1 Å². The first-order chi connectivity index (χ1) is 9.19. The molecule has 1 unspecified atom stereocenters. The average Bonchev–Trinajstić information content (AvgIpc) is 2.45. The van der Waals surface area contributed by atoms with Gasteiger partial charge in [0.05, 0.1) is 18.2 Å². The van der Waals surface area contributed by atoms with Gasteiger partial charge in [0.15, 0.2) is 0 Å². The van der Waals surface area contributed by atoms with Crippen LogP contribution in [0.3, 0.4) is 0 Å². The summed E-state index contributed by atoms with van der Waals surface area (Å²) in [5.74, 6) is 5.21. The zero-order valence-electron chi connectivity index (χ0n) is 10.1. The van der Waals surface area contributed by atoms with Crippen molar-refractivity contribution in [3.05, 3.63) is 52.7 Å². The SMILES string of the molecule is COc1nccnc1C(NN)c1cccc(Cl)c1F. The predicted octanol–water partition coefficient (Wildman–Crippen LogP) is 1.83. The predicted molar refractivity (Wildman–Crippen MR) is 69.2 cm³/mol. The zero-order chi connectivity index (χ0) is 13.8. The minimum absolute atomic E-state index is 0.0145. The van der Waals surface area contributed by atoms with E-state index in [2.05, 4.69) is 15.4 Å². The van der Waals surface area contributed by atoms with Gasteiger partial charge in [0.2, 0.25) is 5.88 Å². The maximum absolute atomic E-state index is 14.0. The fourth-order valence-corrected chi connectivity index (χ4v) is 1.93. The van der Waals surface area contributed by atoms with Crippen LogP contribution in [0.2, 0.25) is 5.02 Å². The molecule has 1 aromatic heterocycles. The highest BCUT2D eigenvalue weighted by Crippen LogP contribution is 2.29. The van der Waals surface area contributed by atoms with Crippen molar-refractivity contribution in [1.29, 1.82) is 0 Å². The number of methoxy groups -OCH3 is 1. The molecule has 7 heteroatoms. The maximum atomic E-state index is 14.0. The maximum Gasteiger partial charge on any atom is 0.237 e. The molecule has 0 aliphatic rings. The van der Waals surface area contributed by atoms with E-state index in [-0.39, 0.29) is 16.5 Å². The third-order valence-electron chi connectivity index (χ3n) is 2.62. The number of aromatic nitrogens is 2. The lowest BCUT2D eigenvalue weighted by atomic mass is 10.0. The molecule has 0 radical (unpaired) electrons. The van der Waals surface area contributed by atoms with Gasteiger partial charge in [0.1, 0.15) is 11.5 Å². The van der Waals surface area contributed by atoms with Crippen molar-refractivity contribution in [2.24, 2.45) is 5.84 Å². The van der Waals surface area contributed by atoms with E-state index >= 15 is 0 Å². The molecule has 0 amide bonds. The summed E-state index contributed by atoms with van der Waals surface area (Å²) < 4.78 is 19.1. The van der Waals surface area contributed by atoms with E-state index in [9.17, 15) is 4.39 Å². The van der Waals surface area contributed by atoms with Crippen molar-refractivity contribution in [2.75, 3.05) is 7.11 Å². The molecule has 100 valence electrons. The second-order valence-corrected chi connectivity index (χ2v) is 4.10. The summed E-state index contributed by atoms with van der Waals surface area (Å²) in [6, 6.07) is 3.96. The Morgan fingerprint density at radius 2 is 2.11 bits per heavy atom. The van der Waals surface area contributed by atoms with Crippen molar-refractivity contribution >= 4 is 11.6 Å². The average molecular weight is 283 g/mol. The molecule has 1 atom stereocenters. The Kier molecular flexibility index (Phi) is 4.26. The highest BCUT2D eigenvalue weighted by atomic mass is 35.5. The highest BCUT2D eigenvalue weighted by Gasteiger charge is 2.23. The van der Waals surface area contributed by atoms with Crippen LogP contribution in [0.25, 0.3) is 0 Å². The van der Waals surface area contributed by atoms with Crippen molar-refractivity contribution in [2.45, 2.75) is 6.04 Å². The Hall–Kier alpha value is -1.76. The molecular formula is C12H12ClFN4O. The third-order valence-corrected chi connectivity index (χ3v) is 2.91. The second kappa shape index (κ2) is 5.92. The van der Waals surface area contributed by atoms with Gasteiger partial charge in [-0.2, -0.15) is 0 Å². The molecular weight excluding hydrogens is 271 g/mol. The number of nitrogens with zero attached hydrogens (tertiary/aromatic N) is 2. The van der Waals surface area contributed by atoms with Gasteiger partial charge >= 0.3 is 0 Å². The Bertz CT molecular complexity index is 581. The zero-order valence-corrected chi connectivity index (χ0v) is 10.9. The molecule has 5 nitrogen and oxygen atoms in total. The largest absolute Gasteiger partial charge is 0.480 e. The van der Waals surface area contributed by atoms with Crippen LogP contribution in [0.15, 0.2) is 30.6 Å². The summed E-state index contributed by atoms with van der Waals surface area (Å²) in [4.78, 5) is 8.14. The molecule has 3 N–H and O–H groups in total. The van der Waals surface area contributed by atoms with Gasteiger partial charge in [-0.25, -0.2) is 14.8 Å². The number of hydrogen-bond acceptors (Lipinski definition) is 5. The lowest BCUT2D eigenvalue weighted by Crippen LogP contribution is -2.30. The van der Waals surface area contributed by atoms with Crippen LogP contribution in [-0.2, 0) is 0 Å². The van der Waals surface area contributed by atoms with Crippen LogP contribution in [0.5, 0.6) is 5.88 Å². The molecule has 0 aliphatic heterocycles. The fraction of sp³-hybridized carbons (Fsp3) is 0.167. The quantitative estimate of drug-likeness (QED) is 0.661. The van der Waals surface area contributed by atoms with Crippen LogP contribution in [0.4, 0.5) is 4.39 Å². The van der Waals surface area contributed by atoms with E-state index in [0.717, 1.165) is 0 Å². The van der Waals surface area contributed by atoms with E-state index in [1.54, 1.807) is 12.1 Å². The Morgan fingerprint density at radius 1 is 1.37 bits per heavy atom. The monoisotopic (exact) mass is 282 g/mol. The number of hydrazine groups is 1. The lowest BCUT2D eigenvalue weighted by molar-refractivity contribution is 0.382. The van der Waals surface area contributed by atoms with Gasteiger partial charge in [-0.3, -0.25) is 10.8 Å². The summed E-state index contributed by atoms with van der Waals surface area (Å²) >= 11 is 5.77. The van der Waals surface area contributed by atoms with Crippen molar-refractivity contribution in [3.63, 3.8) is 0 Å². The van der Waals surface area contributed by atoms with Crippen molar-refractivity contribution in [1.82, 2.24) is 15.4 Å². The van der Waals surface area contributed by atoms with Crippen LogP contribution in [0.1, 0.15) is 17.3 Å². The molecule has 2 aromatic rings. The Morgan fingerprint density at radius 3 is 2.79 bits per heavy atom. The van der Waals surface area contributed by atoms with Gasteiger partial charge in [-0.1, -0.05) is 23.7 Å². The molecule has 1 heterocycles. The summed E-state index contributed by atoms with van der Waals surface area (Å²) in [5, 5.41) is 0.0145. The smallest absolute Gasteiger partial charge is 0.237 e. The minimum atomic E-state index is -0.706. The van der Waals surface area contributed by atoms with E-state index in [4.69, 9.17) is 22.2 Å². The fourth-order valence-electron chi connectivity index (χ4n) is 1.75. The van der Waals surface area contributed by atoms with Gasteiger partial charge in [0, 0.05) is 18.0 Å². The van der Waals surface area contributed by atoms with Gasteiger partial charge in [0.25, 0.3) is 0 Å². The van der Waals surface area contributed by atoms with E-state index in [1.807, 2.05) is 0 Å². The molecule has 2 rings (SSSR count). The van der Waals surface area contributed by atoms with Gasteiger partial charge in [-0.05, 0) is 6.07 Å². The van der Waals surface area contributed by atoms with Crippen LogP contribution in [0, 0.1) is 5.82 Å². The summed E-state index contributed by atoms with van der Waals surface area (Å²) in [6.45, 7) is 0. The first-order valence-corrected chi connectivity index (χ1v) is 5.81. The molecule has 0 spiro atoms. The second-order valence-electron chi connectivity index (χ2n) is 3.69. The van der Waals surface area contributed by atoms with Gasteiger partial charge < -0.3 is 4.74 Å².